The van der Waals surface area contributed by atoms with Crippen molar-refractivity contribution in [3.8, 4) is 11.3 Å². The first-order valence-electron chi connectivity index (χ1n) is 9.45. The fourth-order valence-corrected chi connectivity index (χ4v) is 3.22. The highest BCUT2D eigenvalue weighted by Gasteiger charge is 2.36. The van der Waals surface area contributed by atoms with Crippen LogP contribution in [0.1, 0.15) is 11.3 Å². The van der Waals surface area contributed by atoms with Crippen molar-refractivity contribution in [1.29, 1.82) is 0 Å². The van der Waals surface area contributed by atoms with Crippen molar-refractivity contribution < 1.29 is 22.4 Å². The lowest BCUT2D eigenvalue weighted by atomic mass is 10.0. The van der Waals surface area contributed by atoms with Crippen molar-refractivity contribution in [2.75, 3.05) is 17.3 Å². The van der Waals surface area contributed by atoms with E-state index in [9.17, 15) is 22.4 Å². The minimum Gasteiger partial charge on any atom is -0.403 e. The number of hydrogen-bond donors (Lipinski definition) is 2. The Morgan fingerprint density at radius 1 is 1.21 bits per heavy atom. The Hall–Kier alpha value is -3.66. The minimum atomic E-state index is -4.71. The monoisotopic (exact) mass is 479 g/mol. The van der Waals surface area contributed by atoms with Gasteiger partial charge in [-0.05, 0) is 43.3 Å². The summed E-state index contributed by atoms with van der Waals surface area (Å²) in [7, 11) is 1.38. The van der Waals surface area contributed by atoms with Gasteiger partial charge >= 0.3 is 6.18 Å². The van der Waals surface area contributed by atoms with Crippen molar-refractivity contribution >= 4 is 29.0 Å². The number of nitrogens with two attached hydrogens (primary N) is 1. The molecule has 172 valence electrons. The van der Waals surface area contributed by atoms with Gasteiger partial charge in [0.1, 0.15) is 17.3 Å². The van der Waals surface area contributed by atoms with Crippen LogP contribution in [0.15, 0.2) is 60.6 Å². The number of anilines is 2. The lowest BCUT2D eigenvalue weighted by Gasteiger charge is -2.22. The summed E-state index contributed by atoms with van der Waals surface area (Å²) in [4.78, 5) is 22.3. The maximum Gasteiger partial charge on any atom is 0.417 e. The van der Waals surface area contributed by atoms with Crippen LogP contribution in [0, 0.1) is 12.7 Å². The largest absolute Gasteiger partial charge is 0.417 e. The number of likely N-dealkylation sites (N-methyl/N-ethyl adjacent to an activating group) is 1. The number of benzene rings is 1. The van der Waals surface area contributed by atoms with E-state index in [0.717, 1.165) is 23.2 Å². The average Bonchev–Trinajstić information content (AvgIpc) is 2.78. The molecule has 6 nitrogen and oxygen atoms in total. The van der Waals surface area contributed by atoms with Crippen LogP contribution in [-0.4, -0.2) is 22.9 Å². The molecule has 0 saturated heterocycles. The number of hydrogen-bond acceptors (Lipinski definition) is 5. The van der Waals surface area contributed by atoms with E-state index in [1.807, 2.05) is 0 Å². The first-order chi connectivity index (χ1) is 15.5. The first-order valence-corrected chi connectivity index (χ1v) is 9.83. The Kier molecular flexibility index (Phi) is 6.87. The zero-order valence-electron chi connectivity index (χ0n) is 17.4. The Balaban J connectivity index is 2.06. The van der Waals surface area contributed by atoms with Gasteiger partial charge in [-0.1, -0.05) is 17.7 Å². The third-order valence-corrected chi connectivity index (χ3v) is 4.91. The van der Waals surface area contributed by atoms with E-state index in [1.165, 1.54) is 44.4 Å². The molecule has 2 heterocycles. The molecule has 1 aromatic carbocycles. The molecule has 0 unspecified atom stereocenters. The predicted molar refractivity (Wildman–Crippen MR) is 118 cm³/mol. The maximum atomic E-state index is 13.9. The Morgan fingerprint density at radius 3 is 2.52 bits per heavy atom. The van der Waals surface area contributed by atoms with Crippen LogP contribution in [0.5, 0.6) is 0 Å². The summed E-state index contributed by atoms with van der Waals surface area (Å²) in [5, 5.41) is 2.41. The Labute approximate surface area is 191 Å². The lowest BCUT2D eigenvalue weighted by molar-refractivity contribution is -0.137. The zero-order valence-corrected chi connectivity index (χ0v) is 18.2. The molecule has 0 aliphatic carbocycles. The molecule has 0 bridgehead atoms. The standard InChI is InChI=1S/C22H18ClF4N5O/c1-12-9-14(22(25,26)27)19(17-5-3-4-8-29-17)20(30-12)31-18(11-28)21(33)32(2)13-6-7-16(24)15(23)10-13/h3-11H,28H2,1-2H3,(H,30,31). The van der Waals surface area contributed by atoms with Crippen LogP contribution >= 0.6 is 11.6 Å². The summed E-state index contributed by atoms with van der Waals surface area (Å²) in [5.41, 5.74) is 4.35. The number of halogens is 5. The van der Waals surface area contributed by atoms with Crippen LogP contribution in [-0.2, 0) is 11.0 Å². The van der Waals surface area contributed by atoms with Crippen LogP contribution < -0.4 is 16.0 Å². The van der Waals surface area contributed by atoms with Crippen LogP contribution in [0.2, 0.25) is 5.02 Å². The summed E-state index contributed by atoms with van der Waals surface area (Å²) in [6.45, 7) is 1.39. The molecule has 0 aliphatic rings. The Bertz CT molecular complexity index is 1220. The van der Waals surface area contributed by atoms with Gasteiger partial charge in [-0.3, -0.25) is 9.78 Å². The second-order valence-corrected chi connectivity index (χ2v) is 7.32. The third kappa shape index (κ3) is 5.23. The molecule has 0 spiro atoms. The number of amides is 1. The van der Waals surface area contributed by atoms with Crippen LogP contribution in [0.4, 0.5) is 29.1 Å². The summed E-state index contributed by atoms with van der Waals surface area (Å²) < 4.78 is 55.0. The van der Waals surface area contributed by atoms with Gasteiger partial charge in [-0.2, -0.15) is 13.2 Å². The average molecular weight is 480 g/mol. The van der Waals surface area contributed by atoms with E-state index in [2.05, 4.69) is 15.3 Å². The SMILES string of the molecule is Cc1cc(C(F)(F)F)c(-c2ccccn2)c(NC(=CN)C(=O)N(C)c2ccc(F)c(Cl)c2)n1. The molecule has 0 aliphatic heterocycles. The maximum absolute atomic E-state index is 13.9. The van der Waals surface area contributed by atoms with E-state index in [-0.39, 0.29) is 39.2 Å². The molecule has 33 heavy (non-hydrogen) atoms. The number of alkyl halides is 3. The molecule has 3 N–H and O–H groups in total. The number of pyridine rings is 2. The van der Waals surface area contributed by atoms with Crippen molar-refractivity contribution in [1.82, 2.24) is 9.97 Å². The molecular weight excluding hydrogens is 462 g/mol. The molecular formula is C22H18ClF4N5O. The van der Waals surface area contributed by atoms with Crippen LogP contribution in [0.3, 0.4) is 0 Å². The molecule has 0 atom stereocenters. The van der Waals surface area contributed by atoms with E-state index < -0.39 is 23.5 Å². The van der Waals surface area contributed by atoms with Crippen molar-refractivity contribution in [3.05, 3.63) is 82.7 Å². The zero-order chi connectivity index (χ0) is 24.3. The van der Waals surface area contributed by atoms with Crippen LogP contribution in [0.25, 0.3) is 11.3 Å². The van der Waals surface area contributed by atoms with Gasteiger partial charge in [-0.15, -0.1) is 0 Å². The van der Waals surface area contributed by atoms with E-state index in [0.29, 0.717) is 0 Å². The van der Waals surface area contributed by atoms with Gasteiger partial charge < -0.3 is 16.0 Å². The number of aryl methyl sites for hydroxylation is 1. The fourth-order valence-electron chi connectivity index (χ4n) is 3.04. The van der Waals surface area contributed by atoms with E-state index >= 15 is 0 Å². The normalized spacial score (nSPS) is 11.9. The van der Waals surface area contributed by atoms with E-state index in [1.54, 1.807) is 6.07 Å². The third-order valence-electron chi connectivity index (χ3n) is 4.62. The van der Waals surface area contributed by atoms with Crippen molar-refractivity contribution in [3.63, 3.8) is 0 Å². The fraction of sp³-hybridized carbons (Fsp3) is 0.136. The second-order valence-electron chi connectivity index (χ2n) is 6.92. The number of nitrogens with one attached hydrogen (secondary N) is 1. The highest BCUT2D eigenvalue weighted by Crippen LogP contribution is 2.40. The van der Waals surface area contributed by atoms with Gasteiger partial charge in [0, 0.05) is 30.8 Å². The van der Waals surface area contributed by atoms with Gasteiger partial charge in [0.2, 0.25) is 0 Å². The molecule has 11 heteroatoms. The number of carbonyl (C=O) groups excluding carboxylic acids is 1. The molecule has 0 radical (unpaired) electrons. The number of nitrogens with zero attached hydrogens (tertiary/aromatic N) is 3. The minimum absolute atomic E-state index is 0.00214. The summed E-state index contributed by atoms with van der Waals surface area (Å²) in [5.74, 6) is -1.64. The first kappa shape index (κ1) is 24.0. The molecule has 2 aromatic heterocycles. The van der Waals surface area contributed by atoms with Gasteiger partial charge in [0.05, 0.1) is 21.8 Å². The van der Waals surface area contributed by atoms with Gasteiger partial charge in [-0.25, -0.2) is 9.37 Å². The lowest BCUT2D eigenvalue weighted by Crippen LogP contribution is -2.31. The predicted octanol–water partition coefficient (Wildman–Crippen LogP) is 5.14. The molecule has 3 aromatic rings. The summed E-state index contributed by atoms with van der Waals surface area (Å²) in [6.07, 6.45) is -2.46. The molecule has 3 rings (SSSR count). The second kappa shape index (κ2) is 9.45. The Morgan fingerprint density at radius 2 is 1.94 bits per heavy atom. The number of rotatable bonds is 5. The summed E-state index contributed by atoms with van der Waals surface area (Å²) >= 11 is 5.78. The smallest absolute Gasteiger partial charge is 0.403 e. The highest BCUT2D eigenvalue weighted by atomic mass is 35.5. The van der Waals surface area contributed by atoms with Crippen molar-refractivity contribution in [2.45, 2.75) is 13.1 Å². The molecule has 0 saturated carbocycles. The van der Waals surface area contributed by atoms with Gasteiger partial charge in [0.15, 0.2) is 0 Å². The summed E-state index contributed by atoms with van der Waals surface area (Å²) in [6, 6.07) is 9.01. The van der Waals surface area contributed by atoms with Crippen molar-refractivity contribution in [2.24, 2.45) is 5.73 Å². The van der Waals surface area contributed by atoms with E-state index in [4.69, 9.17) is 17.3 Å². The molecule has 1 amide bonds. The number of aromatic nitrogens is 2. The highest BCUT2D eigenvalue weighted by molar-refractivity contribution is 6.31. The molecule has 0 fully saturated rings. The number of carbonyl (C=O) groups is 1. The quantitative estimate of drug-likeness (QED) is 0.391. The van der Waals surface area contributed by atoms with Gasteiger partial charge in [0.25, 0.3) is 5.91 Å². The topological polar surface area (TPSA) is 84.1 Å².